The Morgan fingerprint density at radius 3 is 2.45 bits per heavy atom. The van der Waals surface area contributed by atoms with Gasteiger partial charge in [0, 0.05) is 0 Å². The Kier molecular flexibility index (Phi) is 2.57. The van der Waals surface area contributed by atoms with Gasteiger partial charge in [-0.15, -0.1) is 0 Å². The van der Waals surface area contributed by atoms with Crippen LogP contribution in [0.4, 0.5) is 0 Å². The Bertz CT molecular complexity index is 561. The molecular weight excluding hydrogens is 302 g/mol. The lowest BCUT2D eigenvalue weighted by Gasteiger charge is -2.71. The maximum Gasteiger partial charge on any atom is 0.311 e. The number of nitrogens with zero attached hydrogens (tertiary/aromatic N) is 1. The molecule has 1 spiro atoms. The summed E-state index contributed by atoms with van der Waals surface area (Å²) in [6.45, 7) is -0.857. The number of hydrogen-bond acceptors (Lipinski definition) is 11. The van der Waals surface area contributed by atoms with E-state index < -0.39 is 60.3 Å². The van der Waals surface area contributed by atoms with Crippen molar-refractivity contribution in [1.82, 2.24) is 5.32 Å². The van der Waals surface area contributed by atoms with E-state index in [1.807, 2.05) is 0 Å². The van der Waals surface area contributed by atoms with Crippen LogP contribution in [0.2, 0.25) is 0 Å². The van der Waals surface area contributed by atoms with Crippen LogP contribution in [0, 0.1) is 5.92 Å². The highest BCUT2D eigenvalue weighted by Gasteiger charge is 2.82. The first-order chi connectivity index (χ1) is 10.2. The van der Waals surface area contributed by atoms with Crippen molar-refractivity contribution < 1.29 is 40.1 Å². The average molecular weight is 319 g/mol. The number of ether oxygens (including phenoxy) is 2. The first-order valence-electron chi connectivity index (χ1n) is 6.77. The number of nitrogens with two attached hydrogens (primary N) is 1. The Labute approximate surface area is 123 Å². The zero-order chi connectivity index (χ0) is 16.1. The fraction of sp³-hybridized carbons (Fsp3) is 0.909. The lowest BCUT2D eigenvalue weighted by molar-refractivity contribution is -0.548. The van der Waals surface area contributed by atoms with Gasteiger partial charge in [-0.3, -0.25) is 0 Å². The van der Waals surface area contributed by atoms with Crippen LogP contribution in [0.5, 0.6) is 0 Å². The van der Waals surface area contributed by atoms with Crippen LogP contribution < -0.4 is 11.1 Å². The van der Waals surface area contributed by atoms with E-state index in [2.05, 4.69) is 10.3 Å². The minimum atomic E-state index is -2.52. The maximum absolute atomic E-state index is 10.6. The zero-order valence-electron chi connectivity index (χ0n) is 11.2. The van der Waals surface area contributed by atoms with Crippen LogP contribution >= 0.6 is 0 Å². The number of hydrogen-bond donors (Lipinski definition) is 8. The molecular formula is C11H17N3O8. The summed E-state index contributed by atoms with van der Waals surface area (Å²) in [5.74, 6) is -3.95. The summed E-state index contributed by atoms with van der Waals surface area (Å²) >= 11 is 0. The summed E-state index contributed by atoms with van der Waals surface area (Å²) in [5, 5.41) is 64.3. The molecule has 0 amide bonds. The Balaban J connectivity index is 1.95. The Morgan fingerprint density at radius 2 is 1.82 bits per heavy atom. The molecule has 11 nitrogen and oxygen atoms in total. The Hall–Kier alpha value is -1.05. The van der Waals surface area contributed by atoms with Crippen LogP contribution in [-0.4, -0.2) is 91.0 Å². The second kappa shape index (κ2) is 3.88. The molecule has 0 aromatic carbocycles. The van der Waals surface area contributed by atoms with Gasteiger partial charge in [0.2, 0.25) is 0 Å². The number of aliphatic hydroxyl groups is 6. The van der Waals surface area contributed by atoms with Crippen molar-refractivity contribution >= 4 is 5.96 Å². The van der Waals surface area contributed by atoms with E-state index in [0.717, 1.165) is 0 Å². The lowest BCUT2D eigenvalue weighted by atomic mass is 9.55. The Morgan fingerprint density at radius 1 is 1.18 bits per heavy atom. The molecule has 0 radical (unpaired) electrons. The third-order valence-corrected chi connectivity index (χ3v) is 5.22. The molecule has 0 aromatic rings. The molecule has 9 N–H and O–H groups in total. The summed E-state index contributed by atoms with van der Waals surface area (Å²) in [4.78, 5) is 3.70. The predicted molar refractivity (Wildman–Crippen MR) is 65.7 cm³/mol. The van der Waals surface area contributed by atoms with E-state index in [4.69, 9.17) is 15.2 Å². The fourth-order valence-electron chi connectivity index (χ4n) is 4.24. The topological polar surface area (TPSA) is 190 Å². The highest BCUT2D eigenvalue weighted by atomic mass is 16.9. The van der Waals surface area contributed by atoms with E-state index in [-0.39, 0.29) is 5.96 Å². The van der Waals surface area contributed by atoms with Crippen molar-refractivity contribution in [3.8, 4) is 0 Å². The molecule has 3 saturated heterocycles. The lowest BCUT2D eigenvalue weighted by Crippen LogP contribution is -2.95. The molecule has 4 heterocycles. The number of nitrogens with one attached hydrogen (secondary N) is 1. The monoisotopic (exact) mass is 319 g/mol. The van der Waals surface area contributed by atoms with Gasteiger partial charge in [-0.05, 0) is 0 Å². The average Bonchev–Trinajstić information content (AvgIpc) is 2.45. The van der Waals surface area contributed by atoms with Gasteiger partial charge in [0.1, 0.15) is 29.5 Å². The van der Waals surface area contributed by atoms with Crippen LogP contribution in [0.15, 0.2) is 4.99 Å². The van der Waals surface area contributed by atoms with E-state index in [9.17, 15) is 30.6 Å². The zero-order valence-corrected chi connectivity index (χ0v) is 11.2. The van der Waals surface area contributed by atoms with Crippen LogP contribution in [0.3, 0.4) is 0 Å². The number of aliphatic hydroxyl groups excluding tert-OH is 4. The van der Waals surface area contributed by atoms with Crippen molar-refractivity contribution in [2.45, 2.75) is 47.8 Å². The molecule has 9 atom stereocenters. The second-order valence-corrected chi connectivity index (χ2v) is 6.22. The normalized spacial score (nSPS) is 62.4. The quantitative estimate of drug-likeness (QED) is 0.231. The second-order valence-electron chi connectivity index (χ2n) is 6.22. The van der Waals surface area contributed by atoms with Gasteiger partial charge < -0.3 is 51.2 Å². The molecule has 5 rings (SSSR count). The first-order valence-corrected chi connectivity index (χ1v) is 6.77. The molecule has 22 heavy (non-hydrogen) atoms. The molecule has 4 fully saturated rings. The van der Waals surface area contributed by atoms with Gasteiger partial charge in [-0.1, -0.05) is 0 Å². The molecule has 6 unspecified atom stereocenters. The highest BCUT2D eigenvalue weighted by Crippen LogP contribution is 2.58. The molecule has 1 saturated carbocycles. The van der Waals surface area contributed by atoms with Crippen molar-refractivity contribution in [2.75, 3.05) is 6.61 Å². The molecule has 4 bridgehead atoms. The van der Waals surface area contributed by atoms with E-state index in [1.165, 1.54) is 0 Å². The van der Waals surface area contributed by atoms with Crippen molar-refractivity contribution in [3.63, 3.8) is 0 Å². The van der Waals surface area contributed by atoms with Gasteiger partial charge in [0.25, 0.3) is 0 Å². The van der Waals surface area contributed by atoms with E-state index >= 15 is 0 Å². The summed E-state index contributed by atoms with van der Waals surface area (Å²) < 4.78 is 10.3. The van der Waals surface area contributed by atoms with Crippen molar-refractivity contribution in [2.24, 2.45) is 16.6 Å². The standard InChI is InChI=1S/C11H17N3O8/c12-8-13-6(17)2-4-9(19,1-15)5-3(16)10(2,14-8)7(18)11(20,21-4)22-5/h2-7,15-20H,1H2,(H3,12,13,14)/t2?,3?,4?,5?,6?,7?,9-,10-,11-/m0/s1. The van der Waals surface area contributed by atoms with Crippen LogP contribution in [0.25, 0.3) is 0 Å². The minimum Gasteiger partial charge on any atom is -0.393 e. The van der Waals surface area contributed by atoms with E-state index in [1.54, 1.807) is 0 Å². The molecule has 5 aliphatic rings. The van der Waals surface area contributed by atoms with Crippen molar-refractivity contribution in [3.05, 3.63) is 0 Å². The molecule has 124 valence electrons. The number of aliphatic imine (C=N–C) groups is 1. The summed E-state index contributed by atoms with van der Waals surface area (Å²) in [6, 6.07) is 0. The largest absolute Gasteiger partial charge is 0.393 e. The molecule has 4 aliphatic heterocycles. The summed E-state index contributed by atoms with van der Waals surface area (Å²) in [6.07, 6.45) is -7.77. The molecule has 1 aliphatic carbocycles. The third kappa shape index (κ3) is 1.28. The first kappa shape index (κ1) is 14.5. The minimum absolute atomic E-state index is 0.250. The summed E-state index contributed by atoms with van der Waals surface area (Å²) in [7, 11) is 0. The van der Waals surface area contributed by atoms with E-state index in [0.29, 0.717) is 0 Å². The summed E-state index contributed by atoms with van der Waals surface area (Å²) in [5.41, 5.74) is 1.74. The number of guanidine groups is 1. The number of rotatable bonds is 1. The van der Waals surface area contributed by atoms with Gasteiger partial charge in [-0.2, -0.15) is 0 Å². The van der Waals surface area contributed by atoms with Gasteiger partial charge in [0.05, 0.1) is 12.5 Å². The van der Waals surface area contributed by atoms with Crippen LogP contribution in [0.1, 0.15) is 0 Å². The SMILES string of the molecule is NC1=NC(O)C2C3O[C@]4(O)OC(C(O)[C@]2(N1)C4O)[C@]3(O)CO. The fourth-order valence-corrected chi connectivity index (χ4v) is 4.24. The maximum atomic E-state index is 10.6. The molecule has 0 aromatic heterocycles. The van der Waals surface area contributed by atoms with Gasteiger partial charge in [-0.25, -0.2) is 4.99 Å². The van der Waals surface area contributed by atoms with Gasteiger partial charge in [0.15, 0.2) is 18.3 Å². The van der Waals surface area contributed by atoms with Crippen molar-refractivity contribution in [1.29, 1.82) is 0 Å². The highest BCUT2D eigenvalue weighted by molar-refractivity contribution is 5.80. The third-order valence-electron chi connectivity index (χ3n) is 5.22. The van der Waals surface area contributed by atoms with Gasteiger partial charge >= 0.3 is 5.97 Å². The van der Waals surface area contributed by atoms with Crippen LogP contribution in [-0.2, 0) is 9.47 Å². The smallest absolute Gasteiger partial charge is 0.311 e. The predicted octanol–water partition coefficient (Wildman–Crippen LogP) is -5.52. The molecule has 11 heteroatoms.